The van der Waals surface area contributed by atoms with E-state index in [2.05, 4.69) is 48.0 Å². The average Bonchev–Trinajstić information content (AvgIpc) is 3.17. The van der Waals surface area contributed by atoms with Gasteiger partial charge < -0.3 is 14.6 Å². The number of ether oxygens (including phenoxy) is 1. The summed E-state index contributed by atoms with van der Waals surface area (Å²) in [5.74, 6) is 1.91. The summed E-state index contributed by atoms with van der Waals surface area (Å²) in [6, 6.07) is 22.1. The molecule has 0 bridgehead atoms. The number of imidazole rings is 1. The molecule has 0 radical (unpaired) electrons. The van der Waals surface area contributed by atoms with Gasteiger partial charge in [0, 0.05) is 18.5 Å². The van der Waals surface area contributed by atoms with E-state index in [1.807, 2.05) is 49.4 Å². The van der Waals surface area contributed by atoms with Crippen LogP contribution >= 0.6 is 0 Å². The second kappa shape index (κ2) is 10.3. The molecule has 4 rings (SSSR count). The molecule has 1 amide bonds. The number of aromatic nitrogens is 2. The van der Waals surface area contributed by atoms with Crippen LogP contribution in [0.1, 0.15) is 39.3 Å². The van der Waals surface area contributed by atoms with Crippen LogP contribution in [0.3, 0.4) is 0 Å². The molecule has 0 aliphatic heterocycles. The Balaban J connectivity index is 1.38. The molecule has 0 saturated carbocycles. The van der Waals surface area contributed by atoms with Crippen LogP contribution in [0.2, 0.25) is 0 Å². The summed E-state index contributed by atoms with van der Waals surface area (Å²) >= 11 is 0. The van der Waals surface area contributed by atoms with Crippen LogP contribution < -0.4 is 10.1 Å². The first kappa shape index (κ1) is 22.6. The lowest BCUT2D eigenvalue weighted by Crippen LogP contribution is -2.25. The monoisotopic (exact) mass is 441 g/mol. The molecule has 3 aromatic carbocycles. The third-order valence-corrected chi connectivity index (χ3v) is 5.83. The summed E-state index contributed by atoms with van der Waals surface area (Å²) in [6.45, 7) is 8.06. The smallest absolute Gasteiger partial charge is 0.251 e. The molecule has 0 atom stereocenters. The van der Waals surface area contributed by atoms with Gasteiger partial charge in [0.25, 0.3) is 5.91 Å². The summed E-state index contributed by atoms with van der Waals surface area (Å²) in [4.78, 5) is 17.2. The molecule has 0 saturated heterocycles. The largest absolute Gasteiger partial charge is 0.491 e. The van der Waals surface area contributed by atoms with Gasteiger partial charge in [-0.15, -0.1) is 0 Å². The van der Waals surface area contributed by atoms with Crippen molar-refractivity contribution < 1.29 is 9.53 Å². The van der Waals surface area contributed by atoms with Gasteiger partial charge in [-0.1, -0.05) is 42.0 Å². The molecular weight excluding hydrogens is 410 g/mol. The zero-order valence-electron chi connectivity index (χ0n) is 19.6. The van der Waals surface area contributed by atoms with E-state index in [4.69, 9.17) is 9.72 Å². The Kier molecular flexibility index (Phi) is 7.08. The highest BCUT2D eigenvalue weighted by molar-refractivity contribution is 5.94. The Morgan fingerprint density at radius 3 is 2.55 bits per heavy atom. The van der Waals surface area contributed by atoms with Crippen molar-refractivity contribution >= 4 is 16.9 Å². The van der Waals surface area contributed by atoms with Crippen LogP contribution in [0.15, 0.2) is 66.7 Å². The molecule has 0 unspecified atom stereocenters. The van der Waals surface area contributed by atoms with E-state index in [1.54, 1.807) is 0 Å². The highest BCUT2D eigenvalue weighted by Gasteiger charge is 2.11. The van der Waals surface area contributed by atoms with E-state index in [-0.39, 0.29) is 5.91 Å². The molecule has 5 nitrogen and oxygen atoms in total. The van der Waals surface area contributed by atoms with E-state index in [0.29, 0.717) is 18.7 Å². The van der Waals surface area contributed by atoms with E-state index < -0.39 is 0 Å². The Labute approximate surface area is 195 Å². The fourth-order valence-electron chi connectivity index (χ4n) is 3.93. The van der Waals surface area contributed by atoms with Crippen molar-refractivity contribution in [2.75, 3.05) is 13.2 Å². The molecule has 4 aromatic rings. The van der Waals surface area contributed by atoms with Crippen molar-refractivity contribution in [2.45, 2.75) is 40.2 Å². The highest BCUT2D eigenvalue weighted by atomic mass is 16.5. The minimum atomic E-state index is -0.0366. The third-order valence-electron chi connectivity index (χ3n) is 5.83. The number of para-hydroxylation sites is 2. The second-order valence-electron chi connectivity index (χ2n) is 8.51. The molecule has 0 aliphatic carbocycles. The molecule has 5 heteroatoms. The third kappa shape index (κ3) is 5.61. The number of nitrogens with one attached hydrogen (secondary N) is 1. The normalized spacial score (nSPS) is 11.0. The molecule has 170 valence electrons. The number of hydrogen-bond acceptors (Lipinski definition) is 3. The fourth-order valence-corrected chi connectivity index (χ4v) is 3.93. The quantitative estimate of drug-likeness (QED) is 0.354. The molecule has 0 spiro atoms. The number of carbonyl (C=O) groups is 1. The van der Waals surface area contributed by atoms with Crippen LogP contribution in [-0.4, -0.2) is 28.6 Å². The van der Waals surface area contributed by atoms with Gasteiger partial charge in [0.15, 0.2) is 0 Å². The highest BCUT2D eigenvalue weighted by Crippen LogP contribution is 2.21. The van der Waals surface area contributed by atoms with Crippen LogP contribution in [-0.2, 0) is 13.0 Å². The predicted octanol–water partition coefficient (Wildman–Crippen LogP) is 5.40. The summed E-state index contributed by atoms with van der Waals surface area (Å²) in [5.41, 5.74) is 6.27. The van der Waals surface area contributed by atoms with Gasteiger partial charge in [-0.05, 0) is 68.7 Å². The van der Waals surface area contributed by atoms with Gasteiger partial charge in [-0.25, -0.2) is 4.98 Å². The lowest BCUT2D eigenvalue weighted by atomic mass is 10.1. The molecule has 1 aromatic heterocycles. The number of aryl methyl sites for hydroxylation is 4. The first-order valence-corrected chi connectivity index (χ1v) is 11.5. The zero-order valence-corrected chi connectivity index (χ0v) is 19.6. The van der Waals surface area contributed by atoms with Gasteiger partial charge in [-0.2, -0.15) is 0 Å². The van der Waals surface area contributed by atoms with Crippen LogP contribution in [0.4, 0.5) is 0 Å². The first-order valence-electron chi connectivity index (χ1n) is 11.5. The summed E-state index contributed by atoms with van der Waals surface area (Å²) in [7, 11) is 0. The molecule has 1 heterocycles. The maximum Gasteiger partial charge on any atom is 0.251 e. The number of hydrogen-bond donors (Lipinski definition) is 1. The minimum Gasteiger partial charge on any atom is -0.491 e. The second-order valence-corrected chi connectivity index (χ2v) is 8.51. The fraction of sp³-hybridized carbons (Fsp3) is 0.286. The topological polar surface area (TPSA) is 56.2 Å². The number of amides is 1. The summed E-state index contributed by atoms with van der Waals surface area (Å²) < 4.78 is 8.34. The Hall–Kier alpha value is -3.60. The zero-order chi connectivity index (χ0) is 23.2. The van der Waals surface area contributed by atoms with Crippen LogP contribution in [0.5, 0.6) is 5.75 Å². The summed E-state index contributed by atoms with van der Waals surface area (Å²) in [5, 5.41) is 3.02. The van der Waals surface area contributed by atoms with Crippen molar-refractivity contribution in [1.29, 1.82) is 0 Å². The van der Waals surface area contributed by atoms with Crippen molar-refractivity contribution in [3.8, 4) is 5.75 Å². The van der Waals surface area contributed by atoms with Gasteiger partial charge in [0.2, 0.25) is 0 Å². The van der Waals surface area contributed by atoms with E-state index in [9.17, 15) is 4.79 Å². The standard InChI is InChI=1S/C28H31N3O2/c1-20-11-14-23(15-12-20)28(32)29-16-6-9-27-30-24-7-4-5-8-25(24)31(27)17-18-33-26-19-21(2)10-13-22(26)3/h4-5,7-8,10-15,19H,6,9,16-18H2,1-3H3,(H,29,32). The van der Waals surface area contributed by atoms with Crippen molar-refractivity contribution in [2.24, 2.45) is 0 Å². The Morgan fingerprint density at radius 2 is 1.73 bits per heavy atom. The van der Waals surface area contributed by atoms with Crippen molar-refractivity contribution in [3.63, 3.8) is 0 Å². The summed E-state index contributed by atoms with van der Waals surface area (Å²) in [6.07, 6.45) is 1.60. The number of rotatable bonds is 9. The lowest BCUT2D eigenvalue weighted by Gasteiger charge is -2.13. The molecular formula is C28H31N3O2. The van der Waals surface area contributed by atoms with E-state index in [0.717, 1.165) is 53.1 Å². The van der Waals surface area contributed by atoms with Crippen molar-refractivity contribution in [3.05, 3.63) is 94.8 Å². The number of benzene rings is 3. The van der Waals surface area contributed by atoms with E-state index >= 15 is 0 Å². The number of carbonyl (C=O) groups excluding carboxylic acids is 1. The van der Waals surface area contributed by atoms with Gasteiger partial charge in [0.05, 0.1) is 17.6 Å². The number of nitrogens with zero attached hydrogens (tertiary/aromatic N) is 2. The molecule has 1 N–H and O–H groups in total. The first-order chi connectivity index (χ1) is 16.0. The Morgan fingerprint density at radius 1 is 0.970 bits per heavy atom. The van der Waals surface area contributed by atoms with Gasteiger partial charge in [0.1, 0.15) is 18.2 Å². The minimum absolute atomic E-state index is 0.0366. The Bertz CT molecular complexity index is 1240. The predicted molar refractivity (Wildman–Crippen MR) is 133 cm³/mol. The van der Waals surface area contributed by atoms with Gasteiger partial charge >= 0.3 is 0 Å². The average molecular weight is 442 g/mol. The van der Waals surface area contributed by atoms with Crippen LogP contribution in [0.25, 0.3) is 11.0 Å². The lowest BCUT2D eigenvalue weighted by molar-refractivity contribution is 0.0953. The van der Waals surface area contributed by atoms with Crippen LogP contribution in [0, 0.1) is 20.8 Å². The van der Waals surface area contributed by atoms with Crippen molar-refractivity contribution in [1.82, 2.24) is 14.9 Å². The molecule has 0 fully saturated rings. The maximum absolute atomic E-state index is 12.4. The molecule has 0 aliphatic rings. The SMILES string of the molecule is Cc1ccc(C(=O)NCCCc2nc3ccccc3n2CCOc2cc(C)ccc2C)cc1. The number of fused-ring (bicyclic) bond motifs is 1. The van der Waals surface area contributed by atoms with Gasteiger partial charge in [-0.3, -0.25) is 4.79 Å². The van der Waals surface area contributed by atoms with E-state index in [1.165, 1.54) is 5.56 Å². The molecule has 33 heavy (non-hydrogen) atoms. The maximum atomic E-state index is 12.4.